The Labute approximate surface area is 189 Å². The molecule has 0 aliphatic rings. The summed E-state index contributed by atoms with van der Waals surface area (Å²) >= 11 is 7.09. The molecule has 2 aromatic carbocycles. The van der Waals surface area contributed by atoms with Crippen LogP contribution in [-0.2, 0) is 21.2 Å². The van der Waals surface area contributed by atoms with Crippen molar-refractivity contribution in [1.29, 1.82) is 0 Å². The number of ether oxygens (including phenoxy) is 1. The minimum absolute atomic E-state index is 0.0584. The maximum atomic E-state index is 13.3. The molecule has 0 unspecified atom stereocenters. The number of benzene rings is 2. The summed E-state index contributed by atoms with van der Waals surface area (Å²) in [6.07, 6.45) is 0. The topological polar surface area (TPSA) is 116 Å². The number of aromatic nitrogens is 2. The fourth-order valence-electron chi connectivity index (χ4n) is 2.78. The van der Waals surface area contributed by atoms with E-state index in [4.69, 9.17) is 22.1 Å². The highest BCUT2D eigenvalue weighted by molar-refractivity contribution is 8.00. The van der Waals surface area contributed by atoms with Gasteiger partial charge in [-0.25, -0.2) is 13.1 Å². The minimum Gasteiger partial charge on any atom is -0.497 e. The zero-order chi connectivity index (χ0) is 22.6. The van der Waals surface area contributed by atoms with Crippen LogP contribution >= 0.6 is 23.4 Å². The van der Waals surface area contributed by atoms with E-state index in [1.165, 1.54) is 35.7 Å². The van der Waals surface area contributed by atoms with Crippen LogP contribution in [0.4, 0.5) is 11.5 Å². The van der Waals surface area contributed by atoms with E-state index in [0.29, 0.717) is 22.2 Å². The van der Waals surface area contributed by atoms with E-state index < -0.39 is 15.7 Å². The van der Waals surface area contributed by atoms with E-state index in [1.807, 2.05) is 6.92 Å². The molecule has 3 aromatic rings. The van der Waals surface area contributed by atoms with Crippen molar-refractivity contribution in [3.05, 3.63) is 53.6 Å². The van der Waals surface area contributed by atoms with Gasteiger partial charge in [0.05, 0.1) is 12.0 Å². The number of sulfone groups is 1. The Kier molecular flexibility index (Phi) is 7.14. The third-order valence-corrected chi connectivity index (χ3v) is 7.32. The third kappa shape index (κ3) is 5.15. The smallest absolute Gasteiger partial charge is 0.246 e. The number of halogens is 1. The summed E-state index contributed by atoms with van der Waals surface area (Å²) in [5.41, 5.74) is 6.71. The average molecular weight is 481 g/mol. The molecule has 0 atom stereocenters. The highest BCUT2D eigenvalue weighted by Gasteiger charge is 2.30. The Hall–Kier alpha value is -2.69. The molecule has 1 aromatic heterocycles. The largest absolute Gasteiger partial charge is 0.497 e. The molecule has 3 N–H and O–H groups in total. The molecule has 1 heterocycles. The summed E-state index contributed by atoms with van der Waals surface area (Å²) in [5.74, 6) is 0.610. The molecule has 1 amide bonds. The quantitative estimate of drug-likeness (QED) is 0.472. The Morgan fingerprint density at radius 2 is 1.84 bits per heavy atom. The number of carbonyl (C=O) groups excluding carboxylic acids is 1. The minimum atomic E-state index is -3.96. The van der Waals surface area contributed by atoms with Gasteiger partial charge in [-0.05, 0) is 54.3 Å². The summed E-state index contributed by atoms with van der Waals surface area (Å²) in [5, 5.41) is 7.78. The SMILES string of the molecule is CCSc1nn(CC(=O)Nc2ccc(Cl)cc2)c(N)c1S(=O)(=O)c1ccc(OC)cc1. The summed E-state index contributed by atoms with van der Waals surface area (Å²) in [7, 11) is -2.46. The van der Waals surface area contributed by atoms with Crippen molar-refractivity contribution in [2.24, 2.45) is 0 Å². The van der Waals surface area contributed by atoms with Crippen molar-refractivity contribution >= 4 is 50.6 Å². The normalized spacial score (nSPS) is 11.3. The van der Waals surface area contributed by atoms with Crippen LogP contribution in [0.3, 0.4) is 0 Å². The second-order valence-electron chi connectivity index (χ2n) is 6.34. The first-order valence-electron chi connectivity index (χ1n) is 9.20. The molecule has 31 heavy (non-hydrogen) atoms. The van der Waals surface area contributed by atoms with Crippen molar-refractivity contribution in [3.63, 3.8) is 0 Å². The van der Waals surface area contributed by atoms with Gasteiger partial charge in [-0.15, -0.1) is 11.8 Å². The lowest BCUT2D eigenvalue weighted by molar-refractivity contribution is -0.116. The lowest BCUT2D eigenvalue weighted by Crippen LogP contribution is -2.21. The van der Waals surface area contributed by atoms with E-state index in [2.05, 4.69) is 10.4 Å². The number of hydrogen-bond acceptors (Lipinski definition) is 7. The van der Waals surface area contributed by atoms with Crippen molar-refractivity contribution in [2.75, 3.05) is 23.9 Å². The molecule has 0 aliphatic carbocycles. The highest BCUT2D eigenvalue weighted by Crippen LogP contribution is 2.35. The first-order chi connectivity index (χ1) is 14.8. The average Bonchev–Trinajstić information content (AvgIpc) is 3.05. The van der Waals surface area contributed by atoms with Crippen molar-refractivity contribution in [2.45, 2.75) is 28.3 Å². The zero-order valence-electron chi connectivity index (χ0n) is 16.8. The second-order valence-corrected chi connectivity index (χ2v) is 9.92. The molecule has 0 saturated heterocycles. The molecule has 11 heteroatoms. The number of rotatable bonds is 8. The van der Waals surface area contributed by atoms with Gasteiger partial charge in [-0.1, -0.05) is 18.5 Å². The molecular formula is C20H21ClN4O4S2. The zero-order valence-corrected chi connectivity index (χ0v) is 19.2. The second kappa shape index (κ2) is 9.63. The number of nitrogens with two attached hydrogens (primary N) is 1. The number of carbonyl (C=O) groups is 1. The van der Waals surface area contributed by atoms with Gasteiger partial charge >= 0.3 is 0 Å². The van der Waals surface area contributed by atoms with Crippen LogP contribution in [0.25, 0.3) is 0 Å². The van der Waals surface area contributed by atoms with Crippen LogP contribution in [-0.4, -0.2) is 37.0 Å². The third-order valence-electron chi connectivity index (χ3n) is 4.26. The predicted octanol–water partition coefficient (Wildman–Crippen LogP) is 3.71. The molecule has 8 nitrogen and oxygen atoms in total. The fourth-order valence-corrected chi connectivity index (χ4v) is 5.46. The van der Waals surface area contributed by atoms with E-state index in [-0.39, 0.29) is 27.2 Å². The summed E-state index contributed by atoms with van der Waals surface area (Å²) in [4.78, 5) is 12.4. The fraction of sp³-hybridized carbons (Fsp3) is 0.200. The van der Waals surface area contributed by atoms with Crippen molar-refractivity contribution < 1.29 is 17.9 Å². The number of thioether (sulfide) groups is 1. The standard InChI is InChI=1S/C20H21ClN4O4S2/c1-3-30-20-18(31(27,28)16-10-8-15(29-2)9-11-16)19(22)25(24-20)12-17(26)23-14-6-4-13(21)5-7-14/h4-11H,3,12,22H2,1-2H3,(H,23,26). The van der Waals surface area contributed by atoms with Gasteiger partial charge in [-0.2, -0.15) is 5.10 Å². The number of amides is 1. The van der Waals surface area contributed by atoms with Gasteiger partial charge < -0.3 is 15.8 Å². The molecule has 164 valence electrons. The Morgan fingerprint density at radius 3 is 2.42 bits per heavy atom. The van der Waals surface area contributed by atoms with Crippen LogP contribution in [0.1, 0.15) is 6.92 Å². The van der Waals surface area contributed by atoms with Gasteiger partial charge in [0.25, 0.3) is 0 Å². The Balaban J connectivity index is 1.92. The molecule has 0 aliphatic heterocycles. The molecule has 0 spiro atoms. The lowest BCUT2D eigenvalue weighted by atomic mass is 10.3. The van der Waals surface area contributed by atoms with E-state index in [9.17, 15) is 13.2 Å². The highest BCUT2D eigenvalue weighted by atomic mass is 35.5. The number of nitrogen functional groups attached to an aromatic ring is 1. The molecule has 3 rings (SSSR count). The van der Waals surface area contributed by atoms with Crippen LogP contribution < -0.4 is 15.8 Å². The first kappa shape index (κ1) is 23.0. The van der Waals surface area contributed by atoms with E-state index in [1.54, 1.807) is 36.4 Å². The number of anilines is 2. The maximum absolute atomic E-state index is 13.3. The van der Waals surface area contributed by atoms with Crippen LogP contribution in [0, 0.1) is 0 Å². The van der Waals surface area contributed by atoms with E-state index in [0.717, 1.165) is 0 Å². The summed E-state index contributed by atoms with van der Waals surface area (Å²) in [6.45, 7) is 1.63. The lowest BCUT2D eigenvalue weighted by Gasteiger charge is -2.08. The Bertz CT molecular complexity index is 1180. The summed E-state index contributed by atoms with van der Waals surface area (Å²) < 4.78 is 32.8. The molecule has 0 saturated carbocycles. The van der Waals surface area contributed by atoms with Crippen LogP contribution in [0.2, 0.25) is 5.02 Å². The first-order valence-corrected chi connectivity index (χ1v) is 12.0. The van der Waals surface area contributed by atoms with Gasteiger partial charge in [0.1, 0.15) is 28.0 Å². The van der Waals surface area contributed by atoms with Gasteiger partial charge in [-0.3, -0.25) is 4.79 Å². The monoisotopic (exact) mass is 480 g/mol. The molecule has 0 fully saturated rings. The van der Waals surface area contributed by atoms with Gasteiger partial charge in [0, 0.05) is 10.7 Å². The van der Waals surface area contributed by atoms with Crippen LogP contribution in [0.15, 0.2) is 63.3 Å². The van der Waals surface area contributed by atoms with Crippen LogP contribution in [0.5, 0.6) is 5.75 Å². The summed E-state index contributed by atoms with van der Waals surface area (Å²) in [6, 6.07) is 12.6. The number of methoxy groups -OCH3 is 1. The van der Waals surface area contributed by atoms with Gasteiger partial charge in [0.2, 0.25) is 15.7 Å². The maximum Gasteiger partial charge on any atom is 0.246 e. The molecule has 0 radical (unpaired) electrons. The number of hydrogen-bond donors (Lipinski definition) is 2. The number of nitrogens with zero attached hydrogens (tertiary/aromatic N) is 2. The predicted molar refractivity (Wildman–Crippen MR) is 122 cm³/mol. The van der Waals surface area contributed by atoms with Crippen molar-refractivity contribution in [3.8, 4) is 5.75 Å². The number of nitrogens with one attached hydrogen (secondary N) is 1. The molecule has 0 bridgehead atoms. The van der Waals surface area contributed by atoms with E-state index >= 15 is 0 Å². The Morgan fingerprint density at radius 1 is 1.19 bits per heavy atom. The van der Waals surface area contributed by atoms with Gasteiger partial charge in [0.15, 0.2) is 0 Å². The van der Waals surface area contributed by atoms with Crippen molar-refractivity contribution in [1.82, 2.24) is 9.78 Å². The molecular weight excluding hydrogens is 460 g/mol.